The summed E-state index contributed by atoms with van der Waals surface area (Å²) in [6.07, 6.45) is 0. The Morgan fingerprint density at radius 3 is 1.61 bits per heavy atom. The van der Waals surface area contributed by atoms with Gasteiger partial charge in [0.25, 0.3) is 0 Å². The second-order valence-corrected chi connectivity index (χ2v) is 4.05. The molecule has 0 radical (unpaired) electrons. The molecule has 0 heterocycles. The molecule has 0 fully saturated rings. The summed E-state index contributed by atoms with van der Waals surface area (Å²) >= 11 is 0. The van der Waals surface area contributed by atoms with E-state index in [1.54, 1.807) is 7.11 Å². The van der Waals surface area contributed by atoms with Crippen LogP contribution in [0.5, 0.6) is 5.75 Å². The molecule has 0 aliphatic rings. The maximum absolute atomic E-state index is 4.89. The van der Waals surface area contributed by atoms with Crippen molar-refractivity contribution in [2.75, 3.05) is 48.4 Å². The molecular formula is C13H23IN2OPd. The molecule has 5 heteroatoms. The van der Waals surface area contributed by atoms with E-state index in [0.29, 0.717) is 0 Å². The molecule has 0 amide bonds. The summed E-state index contributed by atoms with van der Waals surface area (Å²) in [7, 11) is 10.00. The van der Waals surface area contributed by atoms with Crippen LogP contribution in [0.25, 0.3) is 0 Å². The van der Waals surface area contributed by atoms with Crippen LogP contribution in [0, 0.1) is 6.07 Å². The monoisotopic (exact) mass is 456 g/mol. The Morgan fingerprint density at radius 2 is 1.39 bits per heavy atom. The molecule has 0 N–H and O–H groups in total. The summed E-state index contributed by atoms with van der Waals surface area (Å²) in [5.41, 5.74) is 0. The maximum atomic E-state index is 4.89. The molecule has 0 aromatic heterocycles. The van der Waals surface area contributed by atoms with Crippen LogP contribution < -0.4 is 28.7 Å². The first-order chi connectivity index (χ1) is 7.56. The van der Waals surface area contributed by atoms with Crippen molar-refractivity contribution in [3.05, 3.63) is 30.3 Å². The van der Waals surface area contributed by atoms with E-state index in [1.165, 1.54) is 0 Å². The minimum atomic E-state index is 0. The van der Waals surface area contributed by atoms with E-state index in [0.717, 1.165) is 18.8 Å². The molecule has 0 unspecified atom stereocenters. The average Bonchev–Trinajstić information content (AvgIpc) is 2.28. The van der Waals surface area contributed by atoms with Crippen molar-refractivity contribution in [2.45, 2.75) is 0 Å². The van der Waals surface area contributed by atoms with Crippen molar-refractivity contribution in [3.8, 4) is 5.75 Å². The second-order valence-electron chi connectivity index (χ2n) is 4.05. The van der Waals surface area contributed by atoms with Crippen LogP contribution in [0.1, 0.15) is 0 Å². The molecule has 0 spiro atoms. The normalized spacial score (nSPS) is 8.83. The zero-order valence-electron chi connectivity index (χ0n) is 11.7. The molecule has 0 aliphatic heterocycles. The van der Waals surface area contributed by atoms with E-state index in [-0.39, 0.29) is 44.4 Å². The SMILES string of the molecule is CN(C)CCN(C)C.COc1cc[c-]cc1.[I-].[Pd+2]. The van der Waals surface area contributed by atoms with Gasteiger partial charge in [0.05, 0.1) is 7.11 Å². The Labute approximate surface area is 143 Å². The predicted octanol–water partition coefficient (Wildman–Crippen LogP) is -1.39. The van der Waals surface area contributed by atoms with Gasteiger partial charge in [-0.05, 0) is 28.2 Å². The van der Waals surface area contributed by atoms with Gasteiger partial charge in [0, 0.05) is 18.8 Å². The van der Waals surface area contributed by atoms with Gasteiger partial charge >= 0.3 is 20.4 Å². The van der Waals surface area contributed by atoms with Crippen LogP contribution >= 0.6 is 0 Å². The summed E-state index contributed by atoms with van der Waals surface area (Å²) in [6, 6.07) is 10.2. The standard InChI is InChI=1S/C7H7O.C6H16N2.HI.Pd/c1-8-7-5-3-2-4-6-7;1-7(2)5-6-8(3)4;;/h3-6H,1H3;5-6H2,1-4H3;1H;/q-1;;;+2/p-1. The number of likely N-dealkylation sites (N-methyl/N-ethyl adjacent to an activating group) is 2. The first-order valence-electron chi connectivity index (χ1n) is 5.36. The number of hydrogen-bond donors (Lipinski definition) is 0. The van der Waals surface area contributed by atoms with Crippen molar-refractivity contribution < 1.29 is 49.1 Å². The van der Waals surface area contributed by atoms with Crippen molar-refractivity contribution in [1.29, 1.82) is 0 Å². The Balaban J connectivity index is -0.000000225. The van der Waals surface area contributed by atoms with Gasteiger partial charge < -0.3 is 38.5 Å². The van der Waals surface area contributed by atoms with Crippen LogP contribution in [0.15, 0.2) is 24.3 Å². The van der Waals surface area contributed by atoms with Gasteiger partial charge in [-0.15, -0.1) is 12.1 Å². The zero-order valence-corrected chi connectivity index (χ0v) is 15.4. The van der Waals surface area contributed by atoms with E-state index in [2.05, 4.69) is 44.1 Å². The molecule has 0 saturated carbocycles. The molecule has 1 rings (SSSR count). The molecule has 0 saturated heterocycles. The van der Waals surface area contributed by atoms with Crippen LogP contribution in [0.3, 0.4) is 0 Å². The predicted molar refractivity (Wildman–Crippen MR) is 68.9 cm³/mol. The third-order valence-electron chi connectivity index (χ3n) is 1.92. The van der Waals surface area contributed by atoms with Crippen LogP contribution in [-0.4, -0.2) is 58.2 Å². The van der Waals surface area contributed by atoms with Crippen LogP contribution in [-0.2, 0) is 20.4 Å². The van der Waals surface area contributed by atoms with Gasteiger partial charge in [-0.2, -0.15) is 18.2 Å². The van der Waals surface area contributed by atoms with Gasteiger partial charge in [0.1, 0.15) is 0 Å². The molecule has 0 bridgehead atoms. The molecule has 0 atom stereocenters. The number of ether oxygens (including phenoxy) is 1. The molecular weight excluding hydrogens is 433 g/mol. The Hall–Kier alpha value is 0.332. The summed E-state index contributed by atoms with van der Waals surface area (Å²) < 4.78 is 4.89. The number of rotatable bonds is 4. The zero-order chi connectivity index (χ0) is 12.4. The molecule has 108 valence electrons. The summed E-state index contributed by atoms with van der Waals surface area (Å²) in [5, 5.41) is 0. The van der Waals surface area contributed by atoms with Crippen LogP contribution in [0.4, 0.5) is 0 Å². The number of hydrogen-bond acceptors (Lipinski definition) is 3. The third kappa shape index (κ3) is 16.3. The van der Waals surface area contributed by atoms with Gasteiger partial charge in [-0.1, -0.05) is 0 Å². The van der Waals surface area contributed by atoms with Crippen molar-refractivity contribution in [2.24, 2.45) is 0 Å². The van der Waals surface area contributed by atoms with Crippen LogP contribution in [0.2, 0.25) is 0 Å². The molecule has 0 aliphatic carbocycles. The molecule has 18 heavy (non-hydrogen) atoms. The summed E-state index contributed by atoms with van der Waals surface area (Å²) in [6.45, 7) is 2.29. The number of methoxy groups -OCH3 is 1. The first kappa shape index (κ1) is 23.4. The minimum absolute atomic E-state index is 0. The fourth-order valence-corrected chi connectivity index (χ4v) is 0.908. The largest absolute Gasteiger partial charge is 2.00 e. The Bertz CT molecular complexity index is 250. The van der Waals surface area contributed by atoms with Crippen molar-refractivity contribution >= 4 is 0 Å². The minimum Gasteiger partial charge on any atom is -1.00 e. The Morgan fingerprint density at radius 1 is 1.00 bits per heavy atom. The van der Waals surface area contributed by atoms with E-state index < -0.39 is 0 Å². The topological polar surface area (TPSA) is 15.7 Å². The molecule has 1 aromatic rings. The van der Waals surface area contributed by atoms with Gasteiger partial charge in [0.2, 0.25) is 0 Å². The Kier molecular flexibility index (Phi) is 20.0. The number of halogens is 1. The smallest absolute Gasteiger partial charge is 1.00 e. The fourth-order valence-electron chi connectivity index (χ4n) is 0.908. The summed E-state index contributed by atoms with van der Waals surface area (Å²) in [5.74, 6) is 0.878. The fraction of sp³-hybridized carbons (Fsp3) is 0.538. The van der Waals surface area contributed by atoms with E-state index in [9.17, 15) is 0 Å². The quantitative estimate of drug-likeness (QED) is 0.315. The van der Waals surface area contributed by atoms with E-state index in [4.69, 9.17) is 4.74 Å². The first-order valence-corrected chi connectivity index (χ1v) is 5.36. The van der Waals surface area contributed by atoms with E-state index >= 15 is 0 Å². The third-order valence-corrected chi connectivity index (χ3v) is 1.92. The number of benzene rings is 1. The second kappa shape index (κ2) is 15.4. The molecule has 3 nitrogen and oxygen atoms in total. The van der Waals surface area contributed by atoms with Gasteiger partial charge in [0.15, 0.2) is 0 Å². The van der Waals surface area contributed by atoms with E-state index in [1.807, 2.05) is 24.3 Å². The molecule has 1 aromatic carbocycles. The van der Waals surface area contributed by atoms with Gasteiger partial charge in [-0.25, -0.2) is 0 Å². The summed E-state index contributed by atoms with van der Waals surface area (Å²) in [4.78, 5) is 4.36. The van der Waals surface area contributed by atoms with Gasteiger partial charge in [-0.3, -0.25) is 0 Å². The number of nitrogens with zero attached hydrogens (tertiary/aromatic N) is 2. The maximum Gasteiger partial charge on any atom is 2.00 e. The van der Waals surface area contributed by atoms with Crippen molar-refractivity contribution in [1.82, 2.24) is 9.80 Å². The average molecular weight is 457 g/mol. The van der Waals surface area contributed by atoms with Crippen molar-refractivity contribution in [3.63, 3.8) is 0 Å².